The minimum absolute atomic E-state index is 0.251. The normalized spacial score (nSPS) is 20.3. The van der Waals surface area contributed by atoms with Crippen LogP contribution in [0.2, 0.25) is 0 Å². The predicted molar refractivity (Wildman–Crippen MR) is 78.3 cm³/mol. The van der Waals surface area contributed by atoms with Gasteiger partial charge in [0.15, 0.2) is 0 Å². The number of hydrogen-bond donors (Lipinski definition) is 2. The van der Waals surface area contributed by atoms with E-state index >= 15 is 0 Å². The molecule has 1 aliphatic rings. The average Bonchev–Trinajstić information content (AvgIpc) is 2.48. The Hall–Kier alpha value is -1.13. The summed E-state index contributed by atoms with van der Waals surface area (Å²) in [5.41, 5.74) is 0. The molecule has 0 radical (unpaired) electrons. The summed E-state index contributed by atoms with van der Waals surface area (Å²) in [5, 5.41) is 12.8. The van der Waals surface area contributed by atoms with Gasteiger partial charge in [0.25, 0.3) is 0 Å². The Kier molecular flexibility index (Phi) is 5.16. The van der Waals surface area contributed by atoms with E-state index in [1.165, 1.54) is 0 Å². The van der Waals surface area contributed by atoms with Crippen molar-refractivity contribution in [2.45, 2.75) is 38.8 Å². The third kappa shape index (κ3) is 3.91. The highest BCUT2D eigenvalue weighted by molar-refractivity contribution is 5.38. The first-order valence-corrected chi connectivity index (χ1v) is 7.23. The van der Waals surface area contributed by atoms with E-state index in [0.29, 0.717) is 18.0 Å². The smallest absolute Gasteiger partial charge is 0.128 e. The summed E-state index contributed by atoms with van der Waals surface area (Å²) in [6.07, 6.45) is 4.13. The SMILES string of the molecule is CC(CO)C(C)NC1CCN(c2ccccn2)CC1. The van der Waals surface area contributed by atoms with Crippen molar-refractivity contribution in [2.75, 3.05) is 24.6 Å². The second-order valence-corrected chi connectivity index (χ2v) is 5.56. The molecule has 0 aliphatic carbocycles. The van der Waals surface area contributed by atoms with Gasteiger partial charge in [-0.15, -0.1) is 0 Å². The fourth-order valence-electron chi connectivity index (χ4n) is 2.51. The molecule has 2 N–H and O–H groups in total. The Balaban J connectivity index is 1.80. The number of nitrogens with one attached hydrogen (secondary N) is 1. The first kappa shape index (κ1) is 14.3. The van der Waals surface area contributed by atoms with E-state index < -0.39 is 0 Å². The minimum atomic E-state index is 0.251. The van der Waals surface area contributed by atoms with E-state index in [-0.39, 0.29) is 6.61 Å². The van der Waals surface area contributed by atoms with Gasteiger partial charge in [-0.3, -0.25) is 0 Å². The van der Waals surface area contributed by atoms with Crippen LogP contribution in [0.4, 0.5) is 5.82 Å². The molecule has 1 saturated heterocycles. The van der Waals surface area contributed by atoms with Gasteiger partial charge in [-0.05, 0) is 37.8 Å². The molecule has 4 nitrogen and oxygen atoms in total. The minimum Gasteiger partial charge on any atom is -0.396 e. The number of pyridine rings is 1. The van der Waals surface area contributed by atoms with Crippen molar-refractivity contribution in [3.8, 4) is 0 Å². The lowest BCUT2D eigenvalue weighted by atomic mass is 9.99. The summed E-state index contributed by atoms with van der Waals surface area (Å²) < 4.78 is 0. The Morgan fingerprint density at radius 1 is 1.37 bits per heavy atom. The summed E-state index contributed by atoms with van der Waals surface area (Å²) in [7, 11) is 0. The molecule has 0 bridgehead atoms. The lowest BCUT2D eigenvalue weighted by Gasteiger charge is -2.35. The standard InChI is InChI=1S/C15H25N3O/c1-12(11-19)13(2)17-14-6-9-18(10-7-14)15-5-3-4-8-16-15/h3-5,8,12-14,17,19H,6-7,9-11H2,1-2H3. The predicted octanol–water partition coefficient (Wildman–Crippen LogP) is 1.66. The molecule has 106 valence electrons. The maximum atomic E-state index is 9.17. The molecular formula is C15H25N3O. The van der Waals surface area contributed by atoms with Crippen LogP contribution in [-0.2, 0) is 0 Å². The van der Waals surface area contributed by atoms with Crippen molar-refractivity contribution < 1.29 is 5.11 Å². The van der Waals surface area contributed by atoms with Gasteiger partial charge in [0.05, 0.1) is 0 Å². The van der Waals surface area contributed by atoms with Crippen LogP contribution in [0.5, 0.6) is 0 Å². The zero-order valence-electron chi connectivity index (χ0n) is 11.9. The van der Waals surface area contributed by atoms with Gasteiger partial charge in [-0.1, -0.05) is 13.0 Å². The van der Waals surface area contributed by atoms with Gasteiger partial charge in [0.2, 0.25) is 0 Å². The molecule has 1 aliphatic heterocycles. The third-order valence-corrected chi connectivity index (χ3v) is 4.11. The Bertz CT molecular complexity index is 363. The van der Waals surface area contributed by atoms with Gasteiger partial charge in [-0.2, -0.15) is 0 Å². The van der Waals surface area contributed by atoms with Crippen LogP contribution in [-0.4, -0.2) is 41.9 Å². The van der Waals surface area contributed by atoms with Gasteiger partial charge in [-0.25, -0.2) is 4.98 Å². The van der Waals surface area contributed by atoms with Gasteiger partial charge >= 0.3 is 0 Å². The number of aliphatic hydroxyl groups excluding tert-OH is 1. The number of rotatable bonds is 5. The van der Waals surface area contributed by atoms with E-state index in [2.05, 4.69) is 35.1 Å². The quantitative estimate of drug-likeness (QED) is 0.848. The van der Waals surface area contributed by atoms with E-state index in [4.69, 9.17) is 5.11 Å². The largest absolute Gasteiger partial charge is 0.396 e. The topological polar surface area (TPSA) is 48.4 Å². The van der Waals surface area contributed by atoms with E-state index in [1.807, 2.05) is 18.3 Å². The summed E-state index contributed by atoms with van der Waals surface area (Å²) >= 11 is 0. The molecule has 2 heterocycles. The number of aliphatic hydroxyl groups is 1. The highest BCUT2D eigenvalue weighted by Crippen LogP contribution is 2.18. The van der Waals surface area contributed by atoms with Crippen LogP contribution in [0.15, 0.2) is 24.4 Å². The molecular weight excluding hydrogens is 238 g/mol. The molecule has 0 aromatic carbocycles. The van der Waals surface area contributed by atoms with Gasteiger partial charge in [0.1, 0.15) is 5.82 Å². The Morgan fingerprint density at radius 2 is 2.11 bits per heavy atom. The van der Waals surface area contributed by atoms with Gasteiger partial charge in [0, 0.05) is 38.0 Å². The van der Waals surface area contributed by atoms with Gasteiger partial charge < -0.3 is 15.3 Å². The molecule has 1 aromatic heterocycles. The monoisotopic (exact) mass is 263 g/mol. The molecule has 0 spiro atoms. The number of hydrogen-bond acceptors (Lipinski definition) is 4. The van der Waals surface area contributed by atoms with Crippen LogP contribution in [0.1, 0.15) is 26.7 Å². The van der Waals surface area contributed by atoms with Crippen LogP contribution in [0.25, 0.3) is 0 Å². The zero-order valence-corrected chi connectivity index (χ0v) is 11.9. The lowest BCUT2D eigenvalue weighted by molar-refractivity contribution is 0.196. The first-order chi connectivity index (χ1) is 9.20. The van der Waals surface area contributed by atoms with Crippen molar-refractivity contribution in [1.29, 1.82) is 0 Å². The van der Waals surface area contributed by atoms with Crippen molar-refractivity contribution in [3.05, 3.63) is 24.4 Å². The summed E-state index contributed by atoms with van der Waals surface area (Å²) in [5.74, 6) is 1.39. The summed E-state index contributed by atoms with van der Waals surface area (Å²) in [6, 6.07) is 7.00. The van der Waals surface area contributed by atoms with Crippen molar-refractivity contribution in [2.24, 2.45) is 5.92 Å². The molecule has 4 heteroatoms. The Morgan fingerprint density at radius 3 is 2.68 bits per heavy atom. The molecule has 2 rings (SSSR count). The second-order valence-electron chi connectivity index (χ2n) is 5.56. The van der Waals surface area contributed by atoms with E-state index in [1.54, 1.807) is 0 Å². The number of anilines is 1. The molecule has 2 atom stereocenters. The van der Waals surface area contributed by atoms with E-state index in [0.717, 1.165) is 31.7 Å². The van der Waals surface area contributed by atoms with Crippen LogP contribution >= 0.6 is 0 Å². The third-order valence-electron chi connectivity index (χ3n) is 4.11. The van der Waals surface area contributed by atoms with Crippen molar-refractivity contribution >= 4 is 5.82 Å². The van der Waals surface area contributed by atoms with Crippen LogP contribution in [0.3, 0.4) is 0 Å². The second kappa shape index (κ2) is 6.87. The molecule has 1 aromatic rings. The average molecular weight is 263 g/mol. The van der Waals surface area contributed by atoms with E-state index in [9.17, 15) is 0 Å². The number of piperidine rings is 1. The summed E-state index contributed by atoms with van der Waals surface area (Å²) in [4.78, 5) is 6.75. The maximum absolute atomic E-state index is 9.17. The highest BCUT2D eigenvalue weighted by Gasteiger charge is 2.22. The Labute approximate surface area is 115 Å². The summed E-state index contributed by atoms with van der Waals surface area (Å²) in [6.45, 7) is 6.59. The fraction of sp³-hybridized carbons (Fsp3) is 0.667. The molecule has 0 amide bonds. The van der Waals surface area contributed by atoms with Crippen LogP contribution < -0.4 is 10.2 Å². The highest BCUT2D eigenvalue weighted by atomic mass is 16.3. The molecule has 2 unspecified atom stereocenters. The number of aromatic nitrogens is 1. The van der Waals surface area contributed by atoms with Crippen molar-refractivity contribution in [1.82, 2.24) is 10.3 Å². The fourth-order valence-corrected chi connectivity index (χ4v) is 2.51. The lowest BCUT2D eigenvalue weighted by Crippen LogP contribution is -2.47. The zero-order chi connectivity index (χ0) is 13.7. The molecule has 19 heavy (non-hydrogen) atoms. The van der Waals surface area contributed by atoms with Crippen molar-refractivity contribution in [3.63, 3.8) is 0 Å². The first-order valence-electron chi connectivity index (χ1n) is 7.23. The molecule has 0 saturated carbocycles. The van der Waals surface area contributed by atoms with Crippen LogP contribution in [0, 0.1) is 5.92 Å². The number of nitrogens with zero attached hydrogens (tertiary/aromatic N) is 2. The maximum Gasteiger partial charge on any atom is 0.128 e. The molecule has 1 fully saturated rings.